The number of hydrogen-bond donors (Lipinski definition) is 5. The number of nitrogens with one attached hydrogen (secondary N) is 5. The van der Waals surface area contributed by atoms with E-state index in [1.165, 1.54) is 70.6 Å². The van der Waals surface area contributed by atoms with Gasteiger partial charge in [-0.1, -0.05) is 0 Å². The van der Waals surface area contributed by atoms with Crippen molar-refractivity contribution in [3.8, 4) is 0 Å². The second-order valence-electron chi connectivity index (χ2n) is 28.6. The number of hydrogen-bond acceptors (Lipinski definition) is 5. The van der Waals surface area contributed by atoms with Gasteiger partial charge in [0.15, 0.2) is 0 Å². The highest BCUT2D eigenvalue weighted by atomic mass is 15.1. The summed E-state index contributed by atoms with van der Waals surface area (Å²) in [6.07, 6.45) is 14.5. The Morgan fingerprint density at radius 2 is 0.393 bits per heavy atom. The molecule has 0 aromatic heterocycles. The van der Waals surface area contributed by atoms with Crippen LogP contribution >= 0.6 is 0 Å². The summed E-state index contributed by atoms with van der Waals surface area (Å²) < 4.78 is 0. The molecule has 6 fully saturated rings. The summed E-state index contributed by atoms with van der Waals surface area (Å²) in [5.41, 5.74) is 1.37. The van der Waals surface area contributed by atoms with Gasteiger partial charge in [-0.2, -0.15) is 0 Å². The van der Waals surface area contributed by atoms with Gasteiger partial charge in [-0.15, -0.1) is 0 Å². The maximum Gasteiger partial charge on any atom is 0.0132 e. The minimum Gasteiger partial charge on any atom is -0.307 e. The normalized spacial score (nSPS) is 39.5. The van der Waals surface area contributed by atoms with Crippen molar-refractivity contribution in [1.82, 2.24) is 26.6 Å². The molecule has 0 amide bonds. The van der Waals surface area contributed by atoms with E-state index < -0.39 is 0 Å². The third-order valence-corrected chi connectivity index (χ3v) is 16.4. The van der Waals surface area contributed by atoms with Gasteiger partial charge in [0.05, 0.1) is 0 Å². The van der Waals surface area contributed by atoms with Gasteiger partial charge >= 0.3 is 0 Å². The van der Waals surface area contributed by atoms with Gasteiger partial charge in [0.2, 0.25) is 0 Å². The van der Waals surface area contributed by atoms with Crippen LogP contribution in [0.4, 0.5) is 0 Å². The fourth-order valence-corrected chi connectivity index (χ4v) is 17.9. The predicted molar refractivity (Wildman–Crippen MR) is 242 cm³/mol. The molecule has 5 nitrogen and oxygen atoms in total. The molecule has 6 rings (SSSR count). The van der Waals surface area contributed by atoms with E-state index in [0.717, 1.165) is 53.3 Å². The van der Waals surface area contributed by atoms with Crippen molar-refractivity contribution in [2.45, 2.75) is 264 Å². The van der Waals surface area contributed by atoms with E-state index in [0.29, 0.717) is 5.92 Å². The molecule has 0 spiro atoms. The summed E-state index contributed by atoms with van der Waals surface area (Å²) >= 11 is 0. The zero-order valence-corrected chi connectivity index (χ0v) is 41.1. The summed E-state index contributed by atoms with van der Waals surface area (Å²) in [5, 5.41) is 20.9. The van der Waals surface area contributed by atoms with Crippen LogP contribution in [0, 0.1) is 59.2 Å². The molecule has 5 aliphatic heterocycles. The predicted octanol–water partition coefficient (Wildman–Crippen LogP) is 11.3. The van der Waals surface area contributed by atoms with Gasteiger partial charge in [0.1, 0.15) is 0 Å². The SMILES string of the molecule is CC1(C)CC(C2CC(C3CC(C)(C)NC(C)(C)C3)C(C3CC(C)(C)NC(C)(C)C3)C(C3CC(C)(C)NC(C)(C)C3)C2C2CC(C)(C)NC(C)(C)C2)CC(C)(C)N1. The van der Waals surface area contributed by atoms with Crippen LogP contribution < -0.4 is 26.6 Å². The van der Waals surface area contributed by atoms with Crippen molar-refractivity contribution in [3.05, 3.63) is 0 Å². The standard InChI is InChI=1S/C51H97N5/c1-42(2)22-32(23-43(3,4)52-42)37-21-38(33-24-44(5,6)53-45(7,8)25-33)40(35-28-48(13,14)55-49(15,16)29-35)41(36-30-50(17,18)56-51(19,20)31-36)39(37)34-26-46(9,10)54-47(11,12)27-34/h32-41,52-56H,21-31H2,1-20H3. The van der Waals surface area contributed by atoms with Crippen LogP contribution in [0.25, 0.3) is 0 Å². The average molecular weight is 780 g/mol. The summed E-state index contributed by atoms with van der Waals surface area (Å²) in [6, 6.07) is 0. The Morgan fingerprint density at radius 3 is 0.589 bits per heavy atom. The maximum atomic E-state index is 4.20. The first kappa shape index (κ1) is 45.3. The Bertz CT molecular complexity index is 1240. The molecule has 0 aromatic carbocycles. The highest BCUT2D eigenvalue weighted by molar-refractivity contribution is 5.14. The Labute approximate surface area is 349 Å². The zero-order valence-electron chi connectivity index (χ0n) is 41.1. The van der Waals surface area contributed by atoms with E-state index >= 15 is 0 Å². The fraction of sp³-hybridized carbons (Fsp3) is 1.00. The summed E-state index contributed by atoms with van der Waals surface area (Å²) in [4.78, 5) is 0. The van der Waals surface area contributed by atoms with Crippen molar-refractivity contribution in [2.75, 3.05) is 0 Å². The van der Waals surface area contributed by atoms with Gasteiger partial charge < -0.3 is 26.6 Å². The first-order valence-corrected chi connectivity index (χ1v) is 23.9. The van der Waals surface area contributed by atoms with Crippen molar-refractivity contribution in [2.24, 2.45) is 59.2 Å². The molecular formula is C51H97N5. The smallest absolute Gasteiger partial charge is 0.0132 e. The highest BCUT2D eigenvalue weighted by Gasteiger charge is 2.61. The van der Waals surface area contributed by atoms with Crippen LogP contribution in [0.1, 0.15) is 209 Å². The molecule has 5 heterocycles. The molecule has 0 radical (unpaired) electrons. The molecule has 326 valence electrons. The average Bonchev–Trinajstić information content (AvgIpc) is 2.87. The quantitative estimate of drug-likeness (QED) is 0.192. The lowest BCUT2D eigenvalue weighted by molar-refractivity contribution is -0.144. The molecule has 0 bridgehead atoms. The van der Waals surface area contributed by atoms with E-state index in [-0.39, 0.29) is 55.4 Å². The largest absolute Gasteiger partial charge is 0.307 e. The minimum absolute atomic E-state index is 0.126. The van der Waals surface area contributed by atoms with Gasteiger partial charge in [-0.25, -0.2) is 0 Å². The first-order chi connectivity index (χ1) is 25.0. The Morgan fingerprint density at radius 1 is 0.232 bits per heavy atom. The molecule has 5 N–H and O–H groups in total. The molecule has 5 heteroatoms. The summed E-state index contributed by atoms with van der Waals surface area (Å²) in [5.74, 6) is 7.36. The summed E-state index contributed by atoms with van der Waals surface area (Å²) in [7, 11) is 0. The first-order valence-electron chi connectivity index (χ1n) is 23.9. The molecule has 0 aromatic rings. The van der Waals surface area contributed by atoms with Crippen LogP contribution in [0.3, 0.4) is 0 Å². The fourth-order valence-electron chi connectivity index (χ4n) is 17.9. The van der Waals surface area contributed by atoms with Crippen molar-refractivity contribution >= 4 is 0 Å². The molecule has 1 aliphatic carbocycles. The van der Waals surface area contributed by atoms with E-state index in [4.69, 9.17) is 0 Å². The lowest BCUT2D eigenvalue weighted by atomic mass is 9.43. The van der Waals surface area contributed by atoms with Crippen molar-refractivity contribution < 1.29 is 0 Å². The van der Waals surface area contributed by atoms with Crippen molar-refractivity contribution in [3.63, 3.8) is 0 Å². The summed E-state index contributed by atoms with van der Waals surface area (Å²) in [6.45, 7) is 50.8. The molecule has 1 saturated carbocycles. The highest BCUT2D eigenvalue weighted by Crippen LogP contribution is 2.64. The van der Waals surface area contributed by atoms with Crippen LogP contribution in [0.5, 0.6) is 0 Å². The van der Waals surface area contributed by atoms with E-state index in [1.54, 1.807) is 0 Å². The van der Waals surface area contributed by atoms with Crippen LogP contribution in [-0.4, -0.2) is 55.4 Å². The van der Waals surface area contributed by atoms with Crippen molar-refractivity contribution in [1.29, 1.82) is 0 Å². The van der Waals surface area contributed by atoms with Gasteiger partial charge in [-0.05, 0) is 268 Å². The second kappa shape index (κ2) is 14.2. The molecule has 5 saturated heterocycles. The molecule has 4 unspecified atom stereocenters. The van der Waals surface area contributed by atoms with Crippen LogP contribution in [0.2, 0.25) is 0 Å². The Kier molecular flexibility index (Phi) is 11.5. The monoisotopic (exact) mass is 780 g/mol. The molecule has 6 aliphatic rings. The Hall–Kier alpha value is -0.200. The number of rotatable bonds is 5. The lowest BCUT2D eigenvalue weighted by Crippen LogP contribution is -2.67. The second-order valence-corrected chi connectivity index (χ2v) is 28.6. The number of piperidine rings is 5. The van der Waals surface area contributed by atoms with E-state index in [1.807, 2.05) is 0 Å². The van der Waals surface area contributed by atoms with Gasteiger partial charge in [-0.3, -0.25) is 0 Å². The third-order valence-electron chi connectivity index (χ3n) is 16.4. The zero-order chi connectivity index (χ0) is 42.1. The van der Waals surface area contributed by atoms with Gasteiger partial charge in [0.25, 0.3) is 0 Å². The maximum absolute atomic E-state index is 4.20. The Balaban J connectivity index is 1.63. The van der Waals surface area contributed by atoms with Crippen LogP contribution in [-0.2, 0) is 0 Å². The minimum atomic E-state index is 0.126. The molecule has 56 heavy (non-hydrogen) atoms. The lowest BCUT2D eigenvalue weighted by Gasteiger charge is -2.65. The van der Waals surface area contributed by atoms with Gasteiger partial charge in [0, 0.05) is 55.4 Å². The van der Waals surface area contributed by atoms with E-state index in [2.05, 4.69) is 165 Å². The van der Waals surface area contributed by atoms with E-state index in [9.17, 15) is 0 Å². The van der Waals surface area contributed by atoms with Crippen LogP contribution in [0.15, 0.2) is 0 Å². The third kappa shape index (κ3) is 10.5. The molecular weight excluding hydrogens is 683 g/mol. The molecule has 4 atom stereocenters. The topological polar surface area (TPSA) is 60.1 Å².